The van der Waals surface area contributed by atoms with Crippen molar-refractivity contribution in [2.75, 3.05) is 32.7 Å². The van der Waals surface area contributed by atoms with Crippen molar-refractivity contribution < 1.29 is 18.3 Å². The normalized spacial score (nSPS) is 16.1. The van der Waals surface area contributed by atoms with Gasteiger partial charge in [0.2, 0.25) is 5.91 Å². The van der Waals surface area contributed by atoms with Gasteiger partial charge in [0.15, 0.2) is 0 Å². The Bertz CT molecular complexity index is 1120. The van der Waals surface area contributed by atoms with Crippen LogP contribution in [0.25, 0.3) is 0 Å². The van der Waals surface area contributed by atoms with Crippen molar-refractivity contribution >= 4 is 17.5 Å². The summed E-state index contributed by atoms with van der Waals surface area (Å²) < 4.78 is 34.4. The van der Waals surface area contributed by atoms with Gasteiger partial charge in [-0.2, -0.15) is 0 Å². The van der Waals surface area contributed by atoms with Crippen LogP contribution in [0.2, 0.25) is 5.02 Å². The topological polar surface area (TPSA) is 32.8 Å². The summed E-state index contributed by atoms with van der Waals surface area (Å²) in [7, 11) is 0. The lowest BCUT2D eigenvalue weighted by molar-refractivity contribution is -0.135. The molecule has 3 aromatic carbocycles. The lowest BCUT2D eigenvalue weighted by Gasteiger charge is -2.38. The number of ether oxygens (including phenoxy) is 1. The first-order valence-electron chi connectivity index (χ1n) is 12.3. The zero-order valence-electron chi connectivity index (χ0n) is 20.4. The molecule has 1 heterocycles. The highest BCUT2D eigenvalue weighted by Gasteiger charge is 2.29. The van der Waals surface area contributed by atoms with Crippen molar-refractivity contribution in [1.29, 1.82) is 0 Å². The van der Waals surface area contributed by atoms with Gasteiger partial charge < -0.3 is 9.64 Å². The first-order chi connectivity index (χ1) is 17.5. The van der Waals surface area contributed by atoms with Crippen LogP contribution in [0.1, 0.15) is 42.1 Å². The third-order valence-electron chi connectivity index (χ3n) is 6.75. The monoisotopic (exact) mass is 512 g/mol. The number of hydrogen-bond donors (Lipinski definition) is 0. The van der Waals surface area contributed by atoms with E-state index in [1.54, 1.807) is 12.1 Å². The van der Waals surface area contributed by atoms with Crippen molar-refractivity contribution in [2.24, 2.45) is 0 Å². The number of rotatable bonds is 9. The van der Waals surface area contributed by atoms with E-state index in [0.29, 0.717) is 37.7 Å². The minimum absolute atomic E-state index is 0.0848. The van der Waals surface area contributed by atoms with Gasteiger partial charge in [0.1, 0.15) is 11.6 Å². The molecule has 36 heavy (non-hydrogen) atoms. The second kappa shape index (κ2) is 12.4. The van der Waals surface area contributed by atoms with Gasteiger partial charge in [-0.15, -0.1) is 0 Å². The number of nitrogens with zero attached hydrogens (tertiary/aromatic N) is 2. The van der Waals surface area contributed by atoms with Crippen LogP contribution in [0.4, 0.5) is 8.78 Å². The third kappa shape index (κ3) is 6.49. The van der Waals surface area contributed by atoms with Crippen LogP contribution >= 0.6 is 11.6 Å². The Kier molecular flexibility index (Phi) is 9.08. The molecule has 0 aliphatic carbocycles. The third-order valence-corrected chi connectivity index (χ3v) is 7.00. The average Bonchev–Trinajstić information content (AvgIpc) is 2.89. The van der Waals surface area contributed by atoms with E-state index in [4.69, 9.17) is 16.3 Å². The van der Waals surface area contributed by atoms with Crippen LogP contribution in [0, 0.1) is 11.6 Å². The van der Waals surface area contributed by atoms with Crippen LogP contribution in [0.5, 0.6) is 0 Å². The van der Waals surface area contributed by atoms with E-state index >= 15 is 0 Å². The van der Waals surface area contributed by atoms with Crippen LogP contribution in [-0.4, -0.2) is 48.4 Å². The van der Waals surface area contributed by atoms with Crippen molar-refractivity contribution in [2.45, 2.75) is 32.0 Å². The van der Waals surface area contributed by atoms with Crippen molar-refractivity contribution in [1.82, 2.24) is 9.80 Å². The molecule has 4 rings (SSSR count). The van der Waals surface area contributed by atoms with Crippen LogP contribution < -0.4 is 0 Å². The summed E-state index contributed by atoms with van der Waals surface area (Å²) >= 11 is 6.06. The number of piperazine rings is 1. The summed E-state index contributed by atoms with van der Waals surface area (Å²) in [5.41, 5.74) is 1.84. The van der Waals surface area contributed by atoms with Gasteiger partial charge in [0.05, 0.1) is 18.6 Å². The minimum Gasteiger partial charge on any atom is -0.367 e. The second-order valence-corrected chi connectivity index (χ2v) is 9.49. The summed E-state index contributed by atoms with van der Waals surface area (Å²) in [6.45, 7) is 5.03. The molecule has 0 radical (unpaired) electrons. The van der Waals surface area contributed by atoms with Gasteiger partial charge in [0.25, 0.3) is 0 Å². The zero-order chi connectivity index (χ0) is 25.5. The van der Waals surface area contributed by atoms with Gasteiger partial charge in [0, 0.05) is 43.3 Å². The van der Waals surface area contributed by atoms with E-state index in [0.717, 1.165) is 17.5 Å². The molecule has 0 aromatic heterocycles. The largest absolute Gasteiger partial charge is 0.367 e. The molecule has 0 saturated carbocycles. The Morgan fingerprint density at radius 1 is 0.889 bits per heavy atom. The second-order valence-electron chi connectivity index (χ2n) is 9.05. The molecule has 0 N–H and O–H groups in total. The van der Waals surface area contributed by atoms with Crippen molar-refractivity contribution in [3.63, 3.8) is 0 Å². The van der Waals surface area contributed by atoms with E-state index in [9.17, 15) is 13.6 Å². The fourth-order valence-electron chi connectivity index (χ4n) is 4.63. The molecule has 4 nitrogen and oxygen atoms in total. The highest BCUT2D eigenvalue weighted by molar-refractivity contribution is 6.30. The summed E-state index contributed by atoms with van der Waals surface area (Å²) in [5, 5.41) is 0.605. The summed E-state index contributed by atoms with van der Waals surface area (Å²) in [6, 6.07) is 21.0. The summed E-state index contributed by atoms with van der Waals surface area (Å²) in [4.78, 5) is 17.4. The molecule has 7 heteroatoms. The van der Waals surface area contributed by atoms with Crippen molar-refractivity contribution in [3.05, 3.63) is 106 Å². The maximum absolute atomic E-state index is 14.2. The molecular formula is C29H31ClF2N2O2. The molecule has 1 saturated heterocycles. The molecule has 0 spiro atoms. The summed E-state index contributed by atoms with van der Waals surface area (Å²) in [5.74, 6) is -1.23. The van der Waals surface area contributed by atoms with E-state index in [1.165, 1.54) is 18.2 Å². The quantitative estimate of drug-likeness (QED) is 0.341. The fourth-order valence-corrected chi connectivity index (χ4v) is 4.76. The molecule has 0 bridgehead atoms. The fraction of sp³-hybridized carbons (Fsp3) is 0.345. The molecule has 1 aliphatic heterocycles. The maximum Gasteiger partial charge on any atom is 0.230 e. The predicted molar refractivity (Wildman–Crippen MR) is 138 cm³/mol. The van der Waals surface area contributed by atoms with E-state index in [2.05, 4.69) is 4.90 Å². The number of halogens is 3. The lowest BCUT2D eigenvalue weighted by atomic mass is 9.95. The average molecular weight is 513 g/mol. The number of carbonyl (C=O) groups is 1. The maximum atomic E-state index is 14.2. The number of hydrogen-bond acceptors (Lipinski definition) is 3. The van der Waals surface area contributed by atoms with Crippen LogP contribution in [0.3, 0.4) is 0 Å². The smallest absolute Gasteiger partial charge is 0.230 e. The lowest BCUT2D eigenvalue weighted by Crippen LogP contribution is -2.50. The first-order valence-corrected chi connectivity index (χ1v) is 12.7. The SMILES string of the molecule is CC[C@@H](C(=O)N1CCN(C[C@H](OCc2c(F)cccc2F)c2ccc(Cl)cc2)CC1)c1ccccc1. The Hall–Kier alpha value is -2.80. The molecule has 190 valence electrons. The van der Waals surface area contributed by atoms with E-state index in [-0.39, 0.29) is 24.0 Å². The number of amides is 1. The van der Waals surface area contributed by atoms with Gasteiger partial charge in [-0.25, -0.2) is 8.78 Å². The Morgan fingerprint density at radius 3 is 2.14 bits per heavy atom. The first kappa shape index (κ1) is 26.3. The number of benzene rings is 3. The van der Waals surface area contributed by atoms with Gasteiger partial charge in [-0.3, -0.25) is 9.69 Å². The molecule has 1 amide bonds. The Labute approximate surface area is 216 Å². The molecule has 2 atom stereocenters. The van der Waals surface area contributed by atoms with Crippen LogP contribution in [-0.2, 0) is 16.1 Å². The van der Waals surface area contributed by atoms with Gasteiger partial charge in [-0.1, -0.05) is 67.1 Å². The summed E-state index contributed by atoms with van der Waals surface area (Å²) in [6.07, 6.45) is 0.346. The minimum atomic E-state index is -0.624. The van der Waals surface area contributed by atoms with Crippen LogP contribution in [0.15, 0.2) is 72.8 Å². The van der Waals surface area contributed by atoms with E-state index in [1.807, 2.05) is 54.3 Å². The molecule has 1 fully saturated rings. The van der Waals surface area contributed by atoms with Gasteiger partial charge >= 0.3 is 0 Å². The standard InChI is InChI=1S/C29H31ClF2N2O2/c1-2-24(21-7-4-3-5-8-21)29(35)34-17-15-33(16-18-34)19-28(22-11-13-23(30)14-12-22)36-20-25-26(31)9-6-10-27(25)32/h3-14,24,28H,2,15-20H2,1H3/t24-,28+/m1/s1. The van der Waals surface area contributed by atoms with Gasteiger partial charge in [-0.05, 0) is 41.8 Å². The molecule has 3 aromatic rings. The molecule has 0 unspecified atom stereocenters. The predicted octanol–water partition coefficient (Wildman–Crippen LogP) is 6.21. The number of carbonyl (C=O) groups excluding carboxylic acids is 1. The van der Waals surface area contributed by atoms with Crippen molar-refractivity contribution in [3.8, 4) is 0 Å². The van der Waals surface area contributed by atoms with E-state index < -0.39 is 17.7 Å². The molecule has 1 aliphatic rings. The Morgan fingerprint density at radius 2 is 1.53 bits per heavy atom. The Balaban J connectivity index is 1.40. The highest BCUT2D eigenvalue weighted by Crippen LogP contribution is 2.26. The molecular weight excluding hydrogens is 482 g/mol. The highest BCUT2D eigenvalue weighted by atomic mass is 35.5. The zero-order valence-corrected chi connectivity index (χ0v) is 21.1.